The Morgan fingerprint density at radius 1 is 1.06 bits per heavy atom. The van der Waals surface area contributed by atoms with E-state index in [1.165, 1.54) is 4.52 Å². The van der Waals surface area contributed by atoms with Gasteiger partial charge in [0.25, 0.3) is 11.6 Å². The molecule has 0 radical (unpaired) electrons. The third kappa shape index (κ3) is 4.34. The van der Waals surface area contributed by atoms with Crippen molar-refractivity contribution in [2.24, 2.45) is 0 Å². The summed E-state index contributed by atoms with van der Waals surface area (Å²) >= 11 is 0. The summed E-state index contributed by atoms with van der Waals surface area (Å²) in [7, 11) is 0. The summed E-state index contributed by atoms with van der Waals surface area (Å²) in [6, 6.07) is 11.2. The van der Waals surface area contributed by atoms with Crippen LogP contribution >= 0.6 is 0 Å². The van der Waals surface area contributed by atoms with E-state index in [-0.39, 0.29) is 17.7 Å². The van der Waals surface area contributed by atoms with E-state index in [9.17, 15) is 9.59 Å². The Morgan fingerprint density at radius 3 is 2.63 bits per heavy atom. The van der Waals surface area contributed by atoms with Crippen LogP contribution in [0.4, 0.5) is 0 Å². The van der Waals surface area contributed by atoms with Gasteiger partial charge in [-0.3, -0.25) is 4.79 Å². The first-order chi connectivity index (χ1) is 16.8. The first-order valence-electron chi connectivity index (χ1n) is 11.3. The van der Waals surface area contributed by atoms with Gasteiger partial charge in [0, 0.05) is 28.3 Å². The molecule has 0 amide bonds. The van der Waals surface area contributed by atoms with Gasteiger partial charge in [0.2, 0.25) is 5.78 Å². The normalized spacial score (nSPS) is 14.8. The molecule has 4 heterocycles. The van der Waals surface area contributed by atoms with Gasteiger partial charge in [-0.05, 0) is 52.0 Å². The largest absolute Gasteiger partial charge is 0.486 e. The first-order valence-corrected chi connectivity index (χ1v) is 11.3. The zero-order chi connectivity index (χ0) is 24.7. The lowest BCUT2D eigenvalue weighted by Gasteiger charge is -2.27. The number of fused-ring (bicyclic) bond motifs is 2. The molecule has 0 saturated carbocycles. The zero-order valence-corrected chi connectivity index (χ0v) is 19.9. The zero-order valence-electron chi connectivity index (χ0n) is 19.9. The number of hydrogen-bond acceptors (Lipinski definition) is 8. The van der Waals surface area contributed by atoms with Gasteiger partial charge in [-0.15, -0.1) is 5.10 Å². The van der Waals surface area contributed by atoms with Crippen LogP contribution < -0.4 is 9.47 Å². The van der Waals surface area contributed by atoms with E-state index in [2.05, 4.69) is 15.1 Å². The minimum absolute atomic E-state index is 0.140. The molecule has 0 fully saturated rings. The Morgan fingerprint density at radius 2 is 1.83 bits per heavy atom. The molecule has 4 aromatic rings. The predicted octanol–water partition coefficient (Wildman–Crippen LogP) is 3.04. The number of carbonyl (C=O) groups is 2. The maximum Gasteiger partial charge on any atom is 0.378 e. The van der Waals surface area contributed by atoms with Gasteiger partial charge in [-0.2, -0.15) is 4.98 Å². The van der Waals surface area contributed by atoms with E-state index >= 15 is 0 Å². The number of esters is 1. The number of ketones is 1. The third-order valence-electron chi connectivity index (χ3n) is 5.96. The van der Waals surface area contributed by atoms with Crippen LogP contribution in [0, 0.1) is 27.7 Å². The van der Waals surface area contributed by atoms with Crippen LogP contribution in [0.2, 0.25) is 0 Å². The minimum Gasteiger partial charge on any atom is -0.486 e. The summed E-state index contributed by atoms with van der Waals surface area (Å²) in [6.45, 7) is 7.98. The molecule has 10 heteroatoms. The van der Waals surface area contributed by atoms with Crippen molar-refractivity contribution in [2.75, 3.05) is 13.2 Å². The quantitative estimate of drug-likeness (QED) is 0.309. The average Bonchev–Trinajstić information content (AvgIpc) is 3.39. The lowest BCUT2D eigenvalue weighted by molar-refractivity contribution is 0.0462. The molecule has 35 heavy (non-hydrogen) atoms. The van der Waals surface area contributed by atoms with Crippen molar-refractivity contribution in [3.63, 3.8) is 0 Å². The molecule has 1 unspecified atom stereocenters. The van der Waals surface area contributed by atoms with Crippen LogP contribution in [0.1, 0.15) is 43.8 Å². The number of ether oxygens (including phenoxy) is 3. The highest BCUT2D eigenvalue weighted by atomic mass is 16.6. The van der Waals surface area contributed by atoms with E-state index in [0.29, 0.717) is 30.2 Å². The lowest BCUT2D eigenvalue weighted by atomic mass is 10.1. The Balaban J connectivity index is 1.25. The molecule has 0 spiro atoms. The highest BCUT2D eigenvalue weighted by Gasteiger charge is 2.25. The van der Waals surface area contributed by atoms with Crippen LogP contribution in [0.5, 0.6) is 11.5 Å². The van der Waals surface area contributed by atoms with Crippen molar-refractivity contribution in [1.29, 1.82) is 0 Å². The Labute approximate surface area is 201 Å². The molecule has 5 rings (SSSR count). The van der Waals surface area contributed by atoms with Gasteiger partial charge >= 0.3 is 5.97 Å². The fraction of sp³-hybridized carbons (Fsp3) is 0.320. The maximum atomic E-state index is 12.9. The van der Waals surface area contributed by atoms with Crippen LogP contribution in [-0.4, -0.2) is 55.2 Å². The number of hydrogen-bond donors (Lipinski definition) is 0. The molecular weight excluding hydrogens is 450 g/mol. The smallest absolute Gasteiger partial charge is 0.378 e. The third-order valence-corrected chi connectivity index (χ3v) is 5.96. The summed E-state index contributed by atoms with van der Waals surface area (Å²) in [5.41, 5.74) is 3.72. The van der Waals surface area contributed by atoms with E-state index < -0.39 is 12.6 Å². The molecule has 1 aliphatic heterocycles. The van der Waals surface area contributed by atoms with Crippen molar-refractivity contribution in [3.05, 3.63) is 70.6 Å². The maximum absolute atomic E-state index is 12.9. The van der Waals surface area contributed by atoms with Gasteiger partial charge < -0.3 is 18.8 Å². The van der Waals surface area contributed by atoms with Gasteiger partial charge in [0.05, 0.1) is 6.54 Å². The van der Waals surface area contributed by atoms with Crippen molar-refractivity contribution in [1.82, 2.24) is 24.1 Å². The Hall–Kier alpha value is -4.21. The molecule has 1 aliphatic rings. The second kappa shape index (κ2) is 8.86. The summed E-state index contributed by atoms with van der Waals surface area (Å²) in [5.74, 6) is 0.512. The lowest BCUT2D eigenvalue weighted by Crippen LogP contribution is -2.33. The van der Waals surface area contributed by atoms with E-state index in [0.717, 1.165) is 28.5 Å². The number of aryl methyl sites for hydroxylation is 3. The molecule has 0 aliphatic carbocycles. The topological polar surface area (TPSA) is 110 Å². The number of nitrogens with zero attached hydrogens (tertiary/aromatic N) is 5. The predicted molar refractivity (Wildman–Crippen MR) is 125 cm³/mol. The van der Waals surface area contributed by atoms with E-state index in [1.54, 1.807) is 6.07 Å². The summed E-state index contributed by atoms with van der Waals surface area (Å²) < 4.78 is 20.6. The van der Waals surface area contributed by atoms with Gasteiger partial charge in [-0.1, -0.05) is 12.1 Å². The molecule has 0 bridgehead atoms. The van der Waals surface area contributed by atoms with Gasteiger partial charge in [0.15, 0.2) is 24.2 Å². The Kier molecular flexibility index (Phi) is 5.72. The number of aromatic nitrogens is 5. The second-order valence-electron chi connectivity index (χ2n) is 8.58. The molecule has 3 aromatic heterocycles. The number of rotatable bonds is 6. The summed E-state index contributed by atoms with van der Waals surface area (Å²) in [4.78, 5) is 33.8. The fourth-order valence-corrected chi connectivity index (χ4v) is 4.25. The Bertz CT molecular complexity index is 1450. The van der Waals surface area contributed by atoms with Crippen LogP contribution in [0.3, 0.4) is 0 Å². The van der Waals surface area contributed by atoms with Crippen LogP contribution in [0.15, 0.2) is 36.4 Å². The second-order valence-corrected chi connectivity index (χ2v) is 8.58. The summed E-state index contributed by atoms with van der Waals surface area (Å²) in [6.07, 6.45) is -0.197. The SMILES string of the molecule is Cc1cc(C)n2nc(C(=O)OCC(=O)c3cc(C)n(CC4COc5ccccc5O4)c3C)nc2n1. The monoisotopic (exact) mass is 475 g/mol. The van der Waals surface area contributed by atoms with Gasteiger partial charge in [0.1, 0.15) is 6.61 Å². The van der Waals surface area contributed by atoms with Crippen molar-refractivity contribution < 1.29 is 23.8 Å². The van der Waals surface area contributed by atoms with Crippen molar-refractivity contribution >= 4 is 17.5 Å². The van der Waals surface area contributed by atoms with Crippen molar-refractivity contribution in [3.8, 4) is 11.5 Å². The van der Waals surface area contributed by atoms with Crippen LogP contribution in [-0.2, 0) is 11.3 Å². The molecule has 1 aromatic carbocycles. The van der Waals surface area contributed by atoms with E-state index in [4.69, 9.17) is 14.2 Å². The molecule has 10 nitrogen and oxygen atoms in total. The van der Waals surface area contributed by atoms with Crippen LogP contribution in [0.25, 0.3) is 5.78 Å². The van der Waals surface area contributed by atoms with Gasteiger partial charge in [-0.25, -0.2) is 14.3 Å². The highest BCUT2D eigenvalue weighted by molar-refractivity contribution is 6.00. The number of para-hydroxylation sites is 2. The first kappa shape index (κ1) is 22.6. The molecule has 180 valence electrons. The standard InChI is InChI=1S/C25H25N5O5/c1-14-9-16(3)30-25(26-14)27-23(28-30)24(32)34-13-20(31)19-10-15(2)29(17(19)4)11-18-12-33-21-7-5-6-8-22(21)35-18/h5-10,18H,11-13H2,1-4H3. The summed E-state index contributed by atoms with van der Waals surface area (Å²) in [5, 5.41) is 4.15. The minimum atomic E-state index is -0.777. The molecule has 0 N–H and O–H groups in total. The average molecular weight is 476 g/mol. The molecular formula is C25H25N5O5. The number of Topliss-reactive ketones (excluding diaryl/α,β-unsaturated/α-hetero) is 1. The van der Waals surface area contributed by atoms with Crippen molar-refractivity contribution in [2.45, 2.75) is 40.3 Å². The number of carbonyl (C=O) groups excluding carboxylic acids is 2. The highest BCUT2D eigenvalue weighted by Crippen LogP contribution is 2.31. The molecule has 1 atom stereocenters. The number of benzene rings is 1. The van der Waals surface area contributed by atoms with E-state index in [1.807, 2.05) is 62.6 Å². The fourth-order valence-electron chi connectivity index (χ4n) is 4.25. The molecule has 0 saturated heterocycles.